The minimum Gasteiger partial charge on any atom is -0.497 e. The predicted molar refractivity (Wildman–Crippen MR) is 170 cm³/mol. The van der Waals surface area contributed by atoms with Gasteiger partial charge in [0.15, 0.2) is 0 Å². The van der Waals surface area contributed by atoms with E-state index in [2.05, 4.69) is 19.5 Å². The van der Waals surface area contributed by atoms with Crippen molar-refractivity contribution in [1.82, 2.24) is 19.4 Å². The zero-order valence-electron chi connectivity index (χ0n) is 25.3. The topological polar surface area (TPSA) is 100 Å². The summed E-state index contributed by atoms with van der Waals surface area (Å²) < 4.78 is 36.5. The summed E-state index contributed by atoms with van der Waals surface area (Å²) >= 11 is 0. The number of piperazine rings is 1. The van der Waals surface area contributed by atoms with Crippen molar-refractivity contribution in [2.75, 3.05) is 63.0 Å². The monoisotopic (exact) mass is 604 g/mol. The van der Waals surface area contributed by atoms with Gasteiger partial charge >= 0.3 is 0 Å². The van der Waals surface area contributed by atoms with Crippen molar-refractivity contribution in [3.05, 3.63) is 78.2 Å². The number of benzene rings is 2. The number of sulfonamides is 1. The largest absolute Gasteiger partial charge is 0.497 e. The highest BCUT2D eigenvalue weighted by Gasteiger charge is 2.22. The van der Waals surface area contributed by atoms with Crippen LogP contribution < -0.4 is 14.4 Å². The normalized spacial score (nSPS) is 14.2. The fraction of sp³-hybridized carbons (Fsp3) is 0.375. The minimum atomic E-state index is -3.84. The summed E-state index contributed by atoms with van der Waals surface area (Å²) in [6.45, 7) is 9.28. The molecule has 0 radical (unpaired) electrons. The maximum atomic E-state index is 13.3. The average Bonchev–Trinajstić information content (AvgIpc) is 3.38. The second kappa shape index (κ2) is 13.0. The number of hydrogen-bond acceptors (Lipinski definition) is 7. The van der Waals surface area contributed by atoms with Gasteiger partial charge in [-0.25, -0.2) is 8.42 Å². The highest BCUT2D eigenvalue weighted by atomic mass is 32.2. The second-order valence-corrected chi connectivity index (χ2v) is 12.7. The highest BCUT2D eigenvalue weighted by molar-refractivity contribution is 7.92. The Balaban J connectivity index is 1.16. The number of likely N-dealkylation sites (N-methyl/N-ethyl adjacent to an activating group) is 1. The molecule has 228 valence electrons. The molecule has 10 nitrogen and oxygen atoms in total. The van der Waals surface area contributed by atoms with Crippen LogP contribution in [0, 0.1) is 13.8 Å². The Morgan fingerprint density at radius 3 is 2.37 bits per heavy atom. The molecule has 5 rings (SSSR count). The van der Waals surface area contributed by atoms with E-state index in [1.165, 1.54) is 5.69 Å². The van der Waals surface area contributed by atoms with E-state index in [0.717, 1.165) is 50.0 Å². The first-order chi connectivity index (χ1) is 20.6. The minimum absolute atomic E-state index is 0.00970. The lowest BCUT2D eigenvalue weighted by molar-refractivity contribution is -0.130. The van der Waals surface area contributed by atoms with Gasteiger partial charge in [0.1, 0.15) is 12.3 Å². The van der Waals surface area contributed by atoms with Crippen molar-refractivity contribution in [2.45, 2.75) is 31.7 Å². The Hall–Kier alpha value is -4.09. The summed E-state index contributed by atoms with van der Waals surface area (Å²) in [7, 11) is -0.438. The van der Waals surface area contributed by atoms with Crippen molar-refractivity contribution < 1.29 is 17.9 Å². The summed E-state index contributed by atoms with van der Waals surface area (Å²) in [5.41, 5.74) is 3.65. The molecule has 2 aromatic carbocycles. The number of aromatic nitrogens is 2. The number of hydrogen-bond donors (Lipinski definition) is 1. The van der Waals surface area contributed by atoms with Crippen LogP contribution in [0.15, 0.2) is 72.0 Å². The molecule has 3 heterocycles. The average molecular weight is 605 g/mol. The van der Waals surface area contributed by atoms with Gasteiger partial charge in [-0.1, -0.05) is 6.07 Å². The third-order valence-electron chi connectivity index (χ3n) is 8.06. The molecule has 1 aliphatic heterocycles. The number of carbonyl (C=O) groups excluding carboxylic acids is 1. The molecule has 0 spiro atoms. The van der Waals surface area contributed by atoms with Gasteiger partial charge in [0.05, 0.1) is 23.2 Å². The van der Waals surface area contributed by atoms with Crippen molar-refractivity contribution in [2.24, 2.45) is 0 Å². The molecule has 2 aromatic heterocycles. The van der Waals surface area contributed by atoms with E-state index in [1.54, 1.807) is 50.1 Å². The van der Waals surface area contributed by atoms with Gasteiger partial charge in [-0.3, -0.25) is 19.4 Å². The van der Waals surface area contributed by atoms with Crippen LogP contribution in [0.4, 0.5) is 11.4 Å². The summed E-state index contributed by atoms with van der Waals surface area (Å²) in [4.78, 5) is 24.1. The Morgan fingerprint density at radius 1 is 1.00 bits per heavy atom. The quantitative estimate of drug-likeness (QED) is 0.275. The van der Waals surface area contributed by atoms with Crippen LogP contribution in [0.2, 0.25) is 0 Å². The number of rotatable bonds is 11. The lowest BCUT2D eigenvalue weighted by Gasteiger charge is -2.36. The van der Waals surface area contributed by atoms with Gasteiger partial charge in [-0.15, -0.1) is 0 Å². The number of fused-ring (bicyclic) bond motifs is 1. The summed E-state index contributed by atoms with van der Waals surface area (Å²) in [5, 5.41) is 0.932. The number of ether oxygens (including phenoxy) is 1. The molecule has 0 bridgehead atoms. The molecule has 1 aliphatic rings. The molecule has 0 aliphatic carbocycles. The standard InChI is InChI=1S/C32H40N6O4S/c1-24-20-29(42-4)21-25(2)32(24)43(40,41)34-27-7-6-26-10-15-38(30(26)22-27)23-31(39)35(3)13-5-14-36-16-18-37(19-17-36)28-8-11-33-12-9-28/h6-12,15,20-22,34H,5,13-14,16-19,23H2,1-4H3. The lowest BCUT2D eigenvalue weighted by Crippen LogP contribution is -2.47. The van der Waals surface area contributed by atoms with E-state index in [1.807, 2.05) is 54.5 Å². The molecule has 1 amide bonds. The number of nitrogens with one attached hydrogen (secondary N) is 1. The van der Waals surface area contributed by atoms with Crippen LogP contribution in [0.1, 0.15) is 17.5 Å². The Morgan fingerprint density at radius 2 is 1.70 bits per heavy atom. The third kappa shape index (κ3) is 7.11. The maximum Gasteiger partial charge on any atom is 0.262 e. The number of anilines is 2. The van der Waals surface area contributed by atoms with Gasteiger partial charge in [0.25, 0.3) is 10.0 Å². The zero-order chi connectivity index (χ0) is 30.6. The van der Waals surface area contributed by atoms with E-state index in [0.29, 0.717) is 29.1 Å². The molecule has 4 aromatic rings. The van der Waals surface area contributed by atoms with Gasteiger partial charge in [-0.05, 0) is 85.8 Å². The van der Waals surface area contributed by atoms with Crippen LogP contribution in [-0.2, 0) is 21.4 Å². The number of carbonyl (C=O) groups is 1. The SMILES string of the molecule is COc1cc(C)c(S(=O)(=O)Nc2ccc3ccn(CC(=O)N(C)CCCN4CCN(c5ccncc5)CC4)c3c2)c(C)c1. The van der Waals surface area contributed by atoms with Crippen molar-refractivity contribution in [1.29, 1.82) is 0 Å². The van der Waals surface area contributed by atoms with Crippen molar-refractivity contribution in [3.63, 3.8) is 0 Å². The molecular formula is C32H40N6O4S. The van der Waals surface area contributed by atoms with Crippen LogP contribution in [0.25, 0.3) is 10.9 Å². The van der Waals surface area contributed by atoms with E-state index in [4.69, 9.17) is 4.74 Å². The predicted octanol–water partition coefficient (Wildman–Crippen LogP) is 4.13. The van der Waals surface area contributed by atoms with E-state index in [9.17, 15) is 13.2 Å². The summed E-state index contributed by atoms with van der Waals surface area (Å²) in [6.07, 6.45) is 6.43. The van der Waals surface area contributed by atoms with Crippen LogP contribution in [-0.4, -0.2) is 87.1 Å². The number of aryl methyl sites for hydroxylation is 2. The van der Waals surface area contributed by atoms with E-state index < -0.39 is 10.0 Å². The van der Waals surface area contributed by atoms with E-state index >= 15 is 0 Å². The summed E-state index contributed by atoms with van der Waals surface area (Å²) in [6, 6.07) is 14.8. The first kappa shape index (κ1) is 30.4. The second-order valence-electron chi connectivity index (χ2n) is 11.1. The smallest absolute Gasteiger partial charge is 0.262 e. The number of nitrogens with zero attached hydrogens (tertiary/aromatic N) is 5. The maximum absolute atomic E-state index is 13.3. The molecule has 0 unspecified atom stereocenters. The highest BCUT2D eigenvalue weighted by Crippen LogP contribution is 2.29. The Labute approximate surface area is 253 Å². The van der Waals surface area contributed by atoms with Crippen molar-refractivity contribution >= 4 is 38.2 Å². The van der Waals surface area contributed by atoms with Gasteiger partial charge < -0.3 is 19.1 Å². The van der Waals surface area contributed by atoms with Gasteiger partial charge in [0, 0.05) is 64.0 Å². The number of amides is 1. The molecule has 1 saturated heterocycles. The zero-order valence-corrected chi connectivity index (χ0v) is 26.1. The molecule has 11 heteroatoms. The molecule has 43 heavy (non-hydrogen) atoms. The third-order valence-corrected chi connectivity index (χ3v) is 9.75. The van der Waals surface area contributed by atoms with Crippen LogP contribution >= 0.6 is 0 Å². The molecular weight excluding hydrogens is 564 g/mol. The van der Waals surface area contributed by atoms with E-state index in [-0.39, 0.29) is 17.3 Å². The lowest BCUT2D eigenvalue weighted by atomic mass is 10.1. The molecule has 0 atom stereocenters. The summed E-state index contributed by atoms with van der Waals surface area (Å²) in [5.74, 6) is 0.623. The fourth-order valence-corrected chi connectivity index (χ4v) is 7.26. The Kier molecular flexibility index (Phi) is 9.22. The molecule has 1 N–H and O–H groups in total. The van der Waals surface area contributed by atoms with Gasteiger partial charge in [0.2, 0.25) is 5.91 Å². The number of pyridine rings is 1. The van der Waals surface area contributed by atoms with Crippen LogP contribution in [0.5, 0.6) is 5.75 Å². The van der Waals surface area contributed by atoms with Crippen LogP contribution in [0.3, 0.4) is 0 Å². The molecule has 0 saturated carbocycles. The first-order valence-corrected chi connectivity index (χ1v) is 16.0. The Bertz CT molecular complexity index is 1660. The molecule has 1 fully saturated rings. The first-order valence-electron chi connectivity index (χ1n) is 14.5. The van der Waals surface area contributed by atoms with Gasteiger partial charge in [-0.2, -0.15) is 0 Å². The fourth-order valence-electron chi connectivity index (χ4n) is 5.75. The van der Waals surface area contributed by atoms with Crippen molar-refractivity contribution in [3.8, 4) is 5.75 Å². The number of methoxy groups -OCH3 is 1.